The molecule has 0 saturated carbocycles. The van der Waals surface area contributed by atoms with E-state index < -0.39 is 10.5 Å². The highest BCUT2D eigenvalue weighted by atomic mass is 32.3. The average molecular weight is 247 g/mol. The third kappa shape index (κ3) is 2.93. The standard InChI is InChI=1S/C9H10FNO4S/c1-6-8(11-2)3-7(5-12)4-9(6)15-16(10,13)14/h3-5,11H,1-2H3. The number of carbonyl (C=O) groups is 1. The highest BCUT2D eigenvalue weighted by Crippen LogP contribution is 2.28. The maximum Gasteiger partial charge on any atom is 0.488 e. The Hall–Kier alpha value is -1.63. The first-order valence-corrected chi connectivity index (χ1v) is 5.60. The van der Waals surface area contributed by atoms with E-state index >= 15 is 0 Å². The van der Waals surface area contributed by atoms with Crippen molar-refractivity contribution in [1.29, 1.82) is 0 Å². The van der Waals surface area contributed by atoms with E-state index in [1.54, 1.807) is 14.0 Å². The molecule has 1 aromatic rings. The number of halogens is 1. The van der Waals surface area contributed by atoms with Crippen molar-refractivity contribution in [1.82, 2.24) is 0 Å². The van der Waals surface area contributed by atoms with E-state index in [0.29, 0.717) is 17.5 Å². The number of nitrogens with one attached hydrogen (secondary N) is 1. The molecule has 1 aromatic carbocycles. The fourth-order valence-electron chi connectivity index (χ4n) is 1.23. The zero-order chi connectivity index (χ0) is 12.3. The van der Waals surface area contributed by atoms with Crippen LogP contribution < -0.4 is 9.50 Å². The van der Waals surface area contributed by atoms with Gasteiger partial charge < -0.3 is 9.50 Å². The maximum atomic E-state index is 12.4. The van der Waals surface area contributed by atoms with Gasteiger partial charge in [0.05, 0.1) is 0 Å². The quantitative estimate of drug-likeness (QED) is 0.644. The number of anilines is 1. The van der Waals surface area contributed by atoms with Gasteiger partial charge in [0.1, 0.15) is 6.29 Å². The van der Waals surface area contributed by atoms with Crippen molar-refractivity contribution in [3.8, 4) is 5.75 Å². The molecule has 0 amide bonds. The van der Waals surface area contributed by atoms with Crippen molar-refractivity contribution in [3.63, 3.8) is 0 Å². The van der Waals surface area contributed by atoms with Gasteiger partial charge in [-0.2, -0.15) is 8.42 Å². The molecule has 0 bridgehead atoms. The second-order valence-corrected chi connectivity index (χ2v) is 3.99. The molecule has 0 radical (unpaired) electrons. The van der Waals surface area contributed by atoms with E-state index in [1.807, 2.05) is 0 Å². The molecule has 0 saturated heterocycles. The van der Waals surface area contributed by atoms with Crippen molar-refractivity contribution in [2.75, 3.05) is 12.4 Å². The van der Waals surface area contributed by atoms with Gasteiger partial charge in [-0.25, -0.2) is 0 Å². The Kier molecular flexibility index (Phi) is 3.48. The third-order valence-corrected chi connectivity index (χ3v) is 2.36. The van der Waals surface area contributed by atoms with E-state index in [9.17, 15) is 17.1 Å². The van der Waals surface area contributed by atoms with Crippen LogP contribution in [0.2, 0.25) is 0 Å². The van der Waals surface area contributed by atoms with Gasteiger partial charge in [0, 0.05) is 23.9 Å². The second kappa shape index (κ2) is 4.48. The molecule has 0 aliphatic rings. The van der Waals surface area contributed by atoms with Crippen molar-refractivity contribution in [2.45, 2.75) is 6.92 Å². The highest BCUT2D eigenvalue weighted by Gasteiger charge is 2.15. The SMILES string of the molecule is CNc1cc(C=O)cc(OS(=O)(=O)F)c1C. The third-order valence-electron chi connectivity index (χ3n) is 1.98. The van der Waals surface area contributed by atoms with Crippen LogP contribution in [-0.4, -0.2) is 21.8 Å². The van der Waals surface area contributed by atoms with Crippen LogP contribution in [0.15, 0.2) is 12.1 Å². The first kappa shape index (κ1) is 12.4. The van der Waals surface area contributed by atoms with E-state index in [-0.39, 0.29) is 11.3 Å². The summed E-state index contributed by atoms with van der Waals surface area (Å²) in [6, 6.07) is 2.65. The molecule has 1 rings (SSSR count). The molecule has 16 heavy (non-hydrogen) atoms. The van der Waals surface area contributed by atoms with Gasteiger partial charge in [-0.15, -0.1) is 0 Å². The van der Waals surface area contributed by atoms with Gasteiger partial charge >= 0.3 is 10.5 Å². The summed E-state index contributed by atoms with van der Waals surface area (Å²) in [6.07, 6.45) is 0.512. The number of rotatable bonds is 4. The lowest BCUT2D eigenvalue weighted by atomic mass is 10.1. The molecule has 0 atom stereocenters. The average Bonchev–Trinajstić information content (AvgIpc) is 2.19. The summed E-state index contributed by atoms with van der Waals surface area (Å²) in [4.78, 5) is 10.6. The van der Waals surface area contributed by atoms with Gasteiger partial charge in [-0.3, -0.25) is 4.79 Å². The van der Waals surface area contributed by atoms with Crippen LogP contribution in [0, 0.1) is 6.92 Å². The Morgan fingerprint density at radius 1 is 1.44 bits per heavy atom. The van der Waals surface area contributed by atoms with Gasteiger partial charge in [0.15, 0.2) is 5.75 Å². The second-order valence-electron chi connectivity index (χ2n) is 3.04. The molecule has 7 heteroatoms. The van der Waals surface area contributed by atoms with Crippen molar-refractivity contribution < 1.29 is 21.3 Å². The van der Waals surface area contributed by atoms with Gasteiger partial charge in [-0.05, 0) is 19.1 Å². The largest absolute Gasteiger partial charge is 0.488 e. The number of carbonyl (C=O) groups excluding carboxylic acids is 1. The minimum absolute atomic E-state index is 0.189. The molecule has 0 unspecified atom stereocenters. The summed E-state index contributed by atoms with van der Waals surface area (Å²) >= 11 is 0. The maximum absolute atomic E-state index is 12.4. The molecule has 88 valence electrons. The zero-order valence-electron chi connectivity index (χ0n) is 8.65. The van der Waals surface area contributed by atoms with Crippen LogP contribution in [0.1, 0.15) is 15.9 Å². The van der Waals surface area contributed by atoms with Crippen LogP contribution in [0.4, 0.5) is 9.57 Å². The molecular weight excluding hydrogens is 237 g/mol. The minimum Gasteiger partial charge on any atom is -0.388 e. The Balaban J connectivity index is 3.31. The number of benzene rings is 1. The Bertz CT molecular complexity index is 512. The first-order valence-electron chi connectivity index (χ1n) is 4.29. The van der Waals surface area contributed by atoms with E-state index in [4.69, 9.17) is 0 Å². The topological polar surface area (TPSA) is 72.5 Å². The van der Waals surface area contributed by atoms with Crippen molar-refractivity contribution in [2.24, 2.45) is 0 Å². The Morgan fingerprint density at radius 3 is 2.50 bits per heavy atom. The fourth-order valence-corrected chi connectivity index (χ4v) is 1.62. The van der Waals surface area contributed by atoms with Crippen LogP contribution in [-0.2, 0) is 10.5 Å². The lowest BCUT2D eigenvalue weighted by Gasteiger charge is -2.10. The summed E-state index contributed by atoms with van der Waals surface area (Å²) in [7, 11) is -3.51. The molecule has 0 heterocycles. The van der Waals surface area contributed by atoms with Gasteiger partial charge in [-0.1, -0.05) is 3.89 Å². The monoisotopic (exact) mass is 247 g/mol. The number of hydrogen-bond acceptors (Lipinski definition) is 5. The number of hydrogen-bond donors (Lipinski definition) is 1. The van der Waals surface area contributed by atoms with Crippen LogP contribution >= 0.6 is 0 Å². The summed E-state index contributed by atoms with van der Waals surface area (Å²) in [5.41, 5.74) is 1.08. The number of aldehydes is 1. The first-order chi connectivity index (χ1) is 7.37. The van der Waals surface area contributed by atoms with Crippen molar-refractivity contribution in [3.05, 3.63) is 23.3 Å². The zero-order valence-corrected chi connectivity index (χ0v) is 9.47. The van der Waals surface area contributed by atoms with E-state index in [2.05, 4.69) is 9.50 Å². The summed E-state index contributed by atoms with van der Waals surface area (Å²) < 4.78 is 37.2. The Labute approximate surface area is 92.6 Å². The van der Waals surface area contributed by atoms with E-state index in [1.165, 1.54) is 6.07 Å². The van der Waals surface area contributed by atoms with Crippen molar-refractivity contribution >= 4 is 22.5 Å². The molecule has 0 aliphatic carbocycles. The predicted molar refractivity (Wildman–Crippen MR) is 56.8 cm³/mol. The lowest BCUT2D eigenvalue weighted by molar-refractivity contribution is 0.112. The van der Waals surface area contributed by atoms with Crippen LogP contribution in [0.25, 0.3) is 0 Å². The highest BCUT2D eigenvalue weighted by molar-refractivity contribution is 7.81. The van der Waals surface area contributed by atoms with Gasteiger partial charge in [0.25, 0.3) is 0 Å². The van der Waals surface area contributed by atoms with E-state index in [0.717, 1.165) is 6.07 Å². The molecular formula is C9H10FNO4S. The lowest BCUT2D eigenvalue weighted by Crippen LogP contribution is -2.05. The fraction of sp³-hybridized carbons (Fsp3) is 0.222. The normalized spacial score (nSPS) is 10.9. The summed E-state index contributed by atoms with van der Waals surface area (Å²) in [5.74, 6) is -0.212. The molecule has 1 N–H and O–H groups in total. The molecule has 5 nitrogen and oxygen atoms in total. The molecule has 0 fully saturated rings. The predicted octanol–water partition coefficient (Wildman–Crippen LogP) is 1.44. The summed E-state index contributed by atoms with van der Waals surface area (Å²) in [6.45, 7) is 1.54. The Morgan fingerprint density at radius 2 is 2.06 bits per heavy atom. The van der Waals surface area contributed by atoms with Gasteiger partial charge in [0.2, 0.25) is 0 Å². The minimum atomic E-state index is -5.09. The molecule has 0 spiro atoms. The van der Waals surface area contributed by atoms with Crippen LogP contribution in [0.5, 0.6) is 5.75 Å². The van der Waals surface area contributed by atoms with Crippen LogP contribution in [0.3, 0.4) is 0 Å². The summed E-state index contributed by atoms with van der Waals surface area (Å²) in [5, 5.41) is 2.74. The molecule has 0 aliphatic heterocycles. The molecule has 0 aromatic heterocycles. The smallest absolute Gasteiger partial charge is 0.388 e.